The van der Waals surface area contributed by atoms with E-state index in [-0.39, 0.29) is 30.2 Å². The molecule has 1 heterocycles. The molecular formula is C24H25ClN4O4. The van der Waals surface area contributed by atoms with E-state index in [1.165, 1.54) is 6.07 Å². The number of rotatable bonds is 8. The Kier molecular flexibility index (Phi) is 8.53. The third-order valence-electron chi connectivity index (χ3n) is 5.23. The molecule has 172 valence electrons. The Hall–Kier alpha value is -3.91. The minimum Gasteiger partial charge on any atom is -0.481 e. The number of pyridine rings is 1. The topological polar surface area (TPSA) is 149 Å². The van der Waals surface area contributed by atoms with Crippen LogP contribution in [0.15, 0.2) is 71.7 Å². The summed E-state index contributed by atoms with van der Waals surface area (Å²) in [4.78, 5) is 38.6. The fourth-order valence-corrected chi connectivity index (χ4v) is 3.43. The van der Waals surface area contributed by atoms with Gasteiger partial charge in [0.25, 0.3) is 5.91 Å². The number of carbonyl (C=O) groups excluding carboxylic acids is 1. The molecule has 0 saturated heterocycles. The number of aromatic amines is 1. The highest BCUT2D eigenvalue weighted by molar-refractivity contribution is 5.95. The van der Waals surface area contributed by atoms with Crippen LogP contribution in [0.2, 0.25) is 0 Å². The summed E-state index contributed by atoms with van der Waals surface area (Å²) >= 11 is 0. The van der Waals surface area contributed by atoms with Gasteiger partial charge in [-0.05, 0) is 54.3 Å². The second kappa shape index (κ2) is 11.1. The van der Waals surface area contributed by atoms with E-state index in [4.69, 9.17) is 11.1 Å². The largest absolute Gasteiger partial charge is 0.481 e. The number of nitrogens with two attached hydrogens (primary N) is 1. The molecule has 1 aromatic heterocycles. The summed E-state index contributed by atoms with van der Waals surface area (Å²) in [6.07, 6.45) is 1.73. The maximum absolute atomic E-state index is 12.7. The van der Waals surface area contributed by atoms with Crippen molar-refractivity contribution in [2.75, 3.05) is 0 Å². The highest BCUT2D eigenvalue weighted by Gasteiger charge is 2.27. The Morgan fingerprint density at radius 1 is 1.06 bits per heavy atom. The van der Waals surface area contributed by atoms with E-state index in [1.54, 1.807) is 67.7 Å². The van der Waals surface area contributed by atoms with Crippen molar-refractivity contribution in [3.8, 4) is 11.1 Å². The van der Waals surface area contributed by atoms with Crippen molar-refractivity contribution >= 4 is 30.1 Å². The predicted octanol–water partition coefficient (Wildman–Crippen LogP) is 2.81. The third-order valence-corrected chi connectivity index (χ3v) is 5.23. The molecule has 1 amide bonds. The average molecular weight is 469 g/mol. The fourth-order valence-electron chi connectivity index (χ4n) is 3.43. The Morgan fingerprint density at radius 2 is 1.76 bits per heavy atom. The number of aliphatic carboxylic acids is 1. The second-order valence-corrected chi connectivity index (χ2v) is 7.54. The normalized spacial score (nSPS) is 12.2. The van der Waals surface area contributed by atoms with Crippen LogP contribution >= 0.6 is 12.4 Å². The number of nitrogens with one attached hydrogen (secondary N) is 3. The number of amides is 1. The van der Waals surface area contributed by atoms with Crippen molar-refractivity contribution < 1.29 is 14.7 Å². The summed E-state index contributed by atoms with van der Waals surface area (Å²) < 4.78 is 0. The Bertz CT molecular complexity index is 1210. The van der Waals surface area contributed by atoms with E-state index >= 15 is 0 Å². The van der Waals surface area contributed by atoms with E-state index < -0.39 is 23.8 Å². The van der Waals surface area contributed by atoms with Crippen molar-refractivity contribution in [2.24, 2.45) is 11.7 Å². The van der Waals surface area contributed by atoms with Crippen LogP contribution in [0.1, 0.15) is 28.4 Å². The van der Waals surface area contributed by atoms with Crippen molar-refractivity contribution in [1.82, 2.24) is 10.3 Å². The summed E-state index contributed by atoms with van der Waals surface area (Å²) in [5, 5.41) is 20.0. The Morgan fingerprint density at radius 3 is 2.36 bits per heavy atom. The van der Waals surface area contributed by atoms with Gasteiger partial charge in [0.1, 0.15) is 5.84 Å². The quantitative estimate of drug-likeness (QED) is 0.254. The second-order valence-electron chi connectivity index (χ2n) is 7.54. The third kappa shape index (κ3) is 6.54. The molecular weight excluding hydrogens is 444 g/mol. The molecule has 33 heavy (non-hydrogen) atoms. The molecule has 9 heteroatoms. The van der Waals surface area contributed by atoms with Gasteiger partial charge in [-0.2, -0.15) is 0 Å². The molecule has 2 atom stereocenters. The number of carboxylic acid groups (broad SMARTS) is 1. The Labute approximate surface area is 196 Å². The fraction of sp³-hybridized carbons (Fsp3) is 0.167. The number of carbonyl (C=O) groups is 2. The molecule has 0 spiro atoms. The monoisotopic (exact) mass is 468 g/mol. The lowest BCUT2D eigenvalue weighted by Gasteiger charge is -2.22. The SMILES string of the molecule is C[C@@H](NC(=O)c1ccc(-c2cc[nH]c(=O)c2)cc1)[C@@H](Cc1cccc(C(=N)N)c1)C(=O)O.Cl. The molecule has 0 aliphatic heterocycles. The molecule has 0 saturated carbocycles. The molecule has 3 aromatic rings. The summed E-state index contributed by atoms with van der Waals surface area (Å²) in [5.41, 5.74) is 8.43. The molecule has 2 aromatic carbocycles. The van der Waals surface area contributed by atoms with E-state index in [9.17, 15) is 19.5 Å². The van der Waals surface area contributed by atoms with E-state index in [2.05, 4.69) is 10.3 Å². The molecule has 0 fully saturated rings. The number of hydrogen-bond donors (Lipinski definition) is 5. The number of hydrogen-bond acceptors (Lipinski definition) is 4. The number of benzene rings is 2. The number of H-pyrrole nitrogens is 1. The van der Waals surface area contributed by atoms with Crippen LogP contribution in [-0.4, -0.2) is 33.8 Å². The first-order valence-electron chi connectivity index (χ1n) is 10.0. The Balaban J connectivity index is 0.00000385. The number of amidine groups is 1. The van der Waals surface area contributed by atoms with Crippen LogP contribution in [0.5, 0.6) is 0 Å². The maximum atomic E-state index is 12.7. The minimum absolute atomic E-state index is 0. The van der Waals surface area contributed by atoms with Gasteiger partial charge < -0.3 is 21.1 Å². The van der Waals surface area contributed by atoms with E-state index in [0.29, 0.717) is 16.7 Å². The average Bonchev–Trinajstić information content (AvgIpc) is 2.77. The maximum Gasteiger partial charge on any atom is 0.308 e. The highest BCUT2D eigenvalue weighted by atomic mass is 35.5. The zero-order valence-corrected chi connectivity index (χ0v) is 18.7. The molecule has 0 bridgehead atoms. The van der Waals surface area contributed by atoms with Gasteiger partial charge in [-0.1, -0.05) is 30.3 Å². The summed E-state index contributed by atoms with van der Waals surface area (Å²) in [5.74, 6) is -2.38. The van der Waals surface area contributed by atoms with Gasteiger partial charge in [-0.15, -0.1) is 12.4 Å². The first-order valence-corrected chi connectivity index (χ1v) is 10.0. The van der Waals surface area contributed by atoms with Gasteiger partial charge in [-0.3, -0.25) is 19.8 Å². The predicted molar refractivity (Wildman–Crippen MR) is 129 cm³/mol. The zero-order valence-electron chi connectivity index (χ0n) is 17.9. The smallest absolute Gasteiger partial charge is 0.308 e. The van der Waals surface area contributed by atoms with E-state index in [1.807, 2.05) is 0 Å². The highest BCUT2D eigenvalue weighted by Crippen LogP contribution is 2.19. The van der Waals surface area contributed by atoms with Crippen molar-refractivity contribution in [1.29, 1.82) is 5.41 Å². The molecule has 0 aliphatic rings. The molecule has 0 unspecified atom stereocenters. The summed E-state index contributed by atoms with van der Waals surface area (Å²) in [7, 11) is 0. The van der Waals surface area contributed by atoms with Gasteiger partial charge in [0, 0.05) is 29.4 Å². The molecule has 6 N–H and O–H groups in total. The first kappa shape index (κ1) is 25.4. The van der Waals surface area contributed by atoms with Crippen LogP contribution in [0.4, 0.5) is 0 Å². The van der Waals surface area contributed by atoms with Gasteiger partial charge >= 0.3 is 5.97 Å². The number of nitrogen functional groups attached to an aromatic ring is 1. The van der Waals surface area contributed by atoms with Gasteiger partial charge in [0.15, 0.2) is 0 Å². The lowest BCUT2D eigenvalue weighted by Crippen LogP contribution is -2.42. The molecule has 0 radical (unpaired) electrons. The number of halogens is 1. The summed E-state index contributed by atoms with van der Waals surface area (Å²) in [6.45, 7) is 1.65. The van der Waals surface area contributed by atoms with Crippen molar-refractivity contribution in [3.63, 3.8) is 0 Å². The number of carboxylic acids is 1. The number of aromatic nitrogens is 1. The van der Waals surface area contributed by atoms with Crippen molar-refractivity contribution in [3.05, 3.63) is 93.9 Å². The minimum atomic E-state index is -1.03. The molecule has 3 rings (SSSR count). The molecule has 8 nitrogen and oxygen atoms in total. The van der Waals surface area contributed by atoms with Crippen LogP contribution < -0.4 is 16.6 Å². The lowest BCUT2D eigenvalue weighted by molar-refractivity contribution is -0.142. The lowest BCUT2D eigenvalue weighted by atomic mass is 9.92. The first-order chi connectivity index (χ1) is 15.2. The van der Waals surface area contributed by atoms with Crippen LogP contribution in [0.25, 0.3) is 11.1 Å². The summed E-state index contributed by atoms with van der Waals surface area (Å²) in [6, 6.07) is 16.2. The van der Waals surface area contributed by atoms with E-state index in [0.717, 1.165) is 11.1 Å². The van der Waals surface area contributed by atoms with Crippen LogP contribution in [0, 0.1) is 11.3 Å². The van der Waals surface area contributed by atoms with Gasteiger partial charge in [-0.25, -0.2) is 0 Å². The van der Waals surface area contributed by atoms with Crippen molar-refractivity contribution in [2.45, 2.75) is 19.4 Å². The van der Waals surface area contributed by atoms with Gasteiger partial charge in [0.05, 0.1) is 5.92 Å². The van der Waals surface area contributed by atoms with Crippen LogP contribution in [-0.2, 0) is 11.2 Å². The van der Waals surface area contributed by atoms with Crippen LogP contribution in [0.3, 0.4) is 0 Å². The van der Waals surface area contributed by atoms with Gasteiger partial charge in [0.2, 0.25) is 5.56 Å². The zero-order chi connectivity index (χ0) is 23.3. The standard InChI is InChI=1S/C24H24N4O4.ClH/c1-14(20(24(31)32)12-15-3-2-4-19(11-15)22(25)26)28-23(30)17-7-5-16(6-8-17)18-9-10-27-21(29)13-18;/h2-11,13-14,20H,12H2,1H3,(H3,25,26)(H,27,29)(H,28,30)(H,31,32);1H/t14-,20-;/m1./s1. The molecule has 0 aliphatic carbocycles.